The first kappa shape index (κ1) is 17.2. The molecule has 1 aromatic rings. The lowest BCUT2D eigenvalue weighted by molar-refractivity contribution is -0.385. The Morgan fingerprint density at radius 1 is 1.47 bits per heavy atom. The molecular weight excluding hydrogens is 289 g/mol. The van der Waals surface area contributed by atoms with Gasteiger partial charge in [0.05, 0.1) is 24.0 Å². The van der Waals surface area contributed by atoms with Crippen LogP contribution >= 0.6 is 12.4 Å². The maximum Gasteiger partial charge on any atom is 0.416 e. The van der Waals surface area contributed by atoms with Gasteiger partial charge < -0.3 is 4.74 Å². The van der Waals surface area contributed by atoms with Crippen LogP contribution in [-0.2, 0) is 17.3 Å². The average Bonchev–Trinajstić information content (AvgIpc) is 2.27. The first-order valence-corrected chi connectivity index (χ1v) is 4.71. The number of halogens is 4. The predicted molar refractivity (Wildman–Crippen MR) is 63.8 cm³/mol. The van der Waals surface area contributed by atoms with Crippen molar-refractivity contribution in [2.24, 2.45) is 0 Å². The number of nitro benzene ring substituents is 1. The van der Waals surface area contributed by atoms with E-state index in [1.54, 1.807) is 0 Å². The fraction of sp³-hybridized carbons (Fsp3) is 0.300. The molecule has 0 bridgehead atoms. The smallest absolute Gasteiger partial charge is 0.416 e. The Bertz CT molecular complexity index is 491. The van der Waals surface area contributed by atoms with Crippen LogP contribution in [0.4, 0.5) is 18.9 Å². The van der Waals surface area contributed by atoms with Gasteiger partial charge in [0.1, 0.15) is 0 Å². The zero-order valence-electron chi connectivity index (χ0n) is 9.65. The molecule has 0 amide bonds. The summed E-state index contributed by atoms with van der Waals surface area (Å²) < 4.78 is 41.7. The fourth-order valence-corrected chi connectivity index (χ4v) is 1.30. The van der Waals surface area contributed by atoms with Gasteiger partial charge in [-0.1, -0.05) is 6.07 Å². The van der Waals surface area contributed by atoms with Crippen molar-refractivity contribution < 1.29 is 22.8 Å². The molecular formula is C10H10ClF3N2O3. The van der Waals surface area contributed by atoms with Gasteiger partial charge >= 0.3 is 6.18 Å². The quantitative estimate of drug-likeness (QED) is 0.403. The highest BCUT2D eigenvalue weighted by atomic mass is 35.5. The number of nitrogens with one attached hydrogen (secondary N) is 1. The largest absolute Gasteiger partial charge is 0.484 e. The van der Waals surface area contributed by atoms with Crippen LogP contribution in [0.25, 0.3) is 0 Å². The Morgan fingerprint density at radius 2 is 2.05 bits per heavy atom. The third-order valence-corrected chi connectivity index (χ3v) is 2.21. The molecule has 1 aromatic carbocycles. The Morgan fingerprint density at radius 3 is 2.47 bits per heavy atom. The number of hydrogen-bond donors (Lipinski definition) is 1. The second kappa shape index (κ2) is 6.37. The lowest BCUT2D eigenvalue weighted by atomic mass is 10.1. The van der Waals surface area contributed by atoms with E-state index >= 15 is 0 Å². The minimum absolute atomic E-state index is 0. The standard InChI is InChI=1S/C10H9F3N2O3.ClH/c1-18-9(14)4-6-2-3-7(10(11,12)13)5-8(6)15(16)17;/h2-3,5,14H,4H2,1H3;1H. The normalized spacial score (nSPS) is 10.5. The number of hydrogen-bond acceptors (Lipinski definition) is 4. The molecule has 1 rings (SSSR count). The molecule has 0 radical (unpaired) electrons. The predicted octanol–water partition coefficient (Wildman–Crippen LogP) is 3.20. The monoisotopic (exact) mass is 298 g/mol. The Hall–Kier alpha value is -1.83. The first-order valence-electron chi connectivity index (χ1n) is 4.71. The highest BCUT2D eigenvalue weighted by Crippen LogP contribution is 2.33. The van der Waals surface area contributed by atoms with Crippen LogP contribution in [0, 0.1) is 15.5 Å². The highest BCUT2D eigenvalue weighted by Gasteiger charge is 2.33. The SMILES string of the molecule is COC(=N)Cc1ccc(C(F)(F)F)cc1[N+](=O)[O-].Cl. The third-order valence-electron chi connectivity index (χ3n) is 2.21. The summed E-state index contributed by atoms with van der Waals surface area (Å²) in [6, 6.07) is 2.18. The van der Waals surface area contributed by atoms with Crippen LogP contribution in [0.1, 0.15) is 11.1 Å². The van der Waals surface area contributed by atoms with E-state index in [1.807, 2.05) is 0 Å². The van der Waals surface area contributed by atoms with Crippen molar-refractivity contribution in [1.82, 2.24) is 0 Å². The summed E-state index contributed by atoms with van der Waals surface area (Å²) in [5.41, 5.74) is -1.77. The summed E-state index contributed by atoms with van der Waals surface area (Å²) in [6.07, 6.45) is -4.87. The molecule has 0 aliphatic heterocycles. The summed E-state index contributed by atoms with van der Waals surface area (Å²) in [4.78, 5) is 9.79. The van der Waals surface area contributed by atoms with Crippen LogP contribution in [0.2, 0.25) is 0 Å². The molecule has 0 aromatic heterocycles. The number of methoxy groups -OCH3 is 1. The fourth-order valence-electron chi connectivity index (χ4n) is 1.30. The van der Waals surface area contributed by atoms with E-state index in [-0.39, 0.29) is 30.3 Å². The maximum atomic E-state index is 12.4. The Labute approximate surface area is 112 Å². The molecule has 0 spiro atoms. The zero-order valence-corrected chi connectivity index (χ0v) is 10.5. The Kier molecular flexibility index (Phi) is 5.76. The molecule has 0 aliphatic rings. The highest BCUT2D eigenvalue weighted by molar-refractivity contribution is 5.85. The van der Waals surface area contributed by atoms with Gasteiger partial charge in [-0.15, -0.1) is 12.4 Å². The van der Waals surface area contributed by atoms with E-state index < -0.39 is 22.4 Å². The lowest BCUT2D eigenvalue weighted by Crippen LogP contribution is -2.09. The van der Waals surface area contributed by atoms with Gasteiger partial charge in [-0.25, -0.2) is 0 Å². The molecule has 9 heteroatoms. The number of benzene rings is 1. The Balaban J connectivity index is 0.00000324. The number of rotatable bonds is 3. The first-order chi connectivity index (χ1) is 8.25. The van der Waals surface area contributed by atoms with Gasteiger partial charge in [-0.05, 0) is 6.07 Å². The van der Waals surface area contributed by atoms with Crippen LogP contribution < -0.4 is 0 Å². The average molecular weight is 299 g/mol. The summed E-state index contributed by atoms with van der Waals surface area (Å²) in [5, 5.41) is 17.9. The van der Waals surface area contributed by atoms with Crippen LogP contribution in [0.5, 0.6) is 0 Å². The zero-order chi connectivity index (χ0) is 13.9. The molecule has 0 atom stereocenters. The van der Waals surface area contributed by atoms with E-state index in [0.717, 1.165) is 12.1 Å². The van der Waals surface area contributed by atoms with E-state index in [9.17, 15) is 23.3 Å². The van der Waals surface area contributed by atoms with Gasteiger partial charge in [0.15, 0.2) is 5.90 Å². The molecule has 0 fully saturated rings. The topological polar surface area (TPSA) is 76.2 Å². The summed E-state index contributed by atoms with van der Waals surface area (Å²) >= 11 is 0. The number of nitrogens with zero attached hydrogens (tertiary/aromatic N) is 1. The van der Waals surface area contributed by atoms with E-state index in [4.69, 9.17) is 5.41 Å². The van der Waals surface area contributed by atoms with Crippen molar-refractivity contribution in [3.05, 3.63) is 39.4 Å². The van der Waals surface area contributed by atoms with Crippen molar-refractivity contribution in [2.75, 3.05) is 7.11 Å². The second-order valence-electron chi connectivity index (χ2n) is 3.40. The maximum absolute atomic E-state index is 12.4. The summed E-state index contributed by atoms with van der Waals surface area (Å²) in [6.45, 7) is 0. The number of nitro groups is 1. The number of ether oxygens (including phenoxy) is 1. The molecule has 0 aliphatic carbocycles. The second-order valence-corrected chi connectivity index (χ2v) is 3.40. The third kappa shape index (κ3) is 4.40. The van der Waals surface area contributed by atoms with E-state index in [2.05, 4.69) is 4.74 Å². The van der Waals surface area contributed by atoms with E-state index in [1.165, 1.54) is 7.11 Å². The van der Waals surface area contributed by atoms with Gasteiger partial charge in [0.2, 0.25) is 0 Å². The van der Waals surface area contributed by atoms with Crippen LogP contribution in [0.15, 0.2) is 18.2 Å². The molecule has 1 N–H and O–H groups in total. The van der Waals surface area contributed by atoms with Crippen molar-refractivity contribution in [3.8, 4) is 0 Å². The minimum Gasteiger partial charge on any atom is -0.484 e. The van der Waals surface area contributed by atoms with E-state index in [0.29, 0.717) is 6.07 Å². The molecule has 106 valence electrons. The molecule has 0 unspecified atom stereocenters. The molecule has 19 heavy (non-hydrogen) atoms. The van der Waals surface area contributed by atoms with Gasteiger partial charge in [0.25, 0.3) is 5.69 Å². The van der Waals surface area contributed by atoms with Crippen molar-refractivity contribution in [3.63, 3.8) is 0 Å². The van der Waals surface area contributed by atoms with Crippen molar-refractivity contribution >= 4 is 24.0 Å². The van der Waals surface area contributed by atoms with Gasteiger partial charge in [-0.3, -0.25) is 15.5 Å². The minimum atomic E-state index is -4.64. The molecule has 0 heterocycles. The van der Waals surface area contributed by atoms with Crippen molar-refractivity contribution in [2.45, 2.75) is 12.6 Å². The van der Waals surface area contributed by atoms with Crippen LogP contribution in [-0.4, -0.2) is 17.9 Å². The number of alkyl halides is 3. The molecule has 0 saturated heterocycles. The molecule has 5 nitrogen and oxygen atoms in total. The lowest BCUT2D eigenvalue weighted by Gasteiger charge is -2.08. The van der Waals surface area contributed by atoms with Gasteiger partial charge in [0, 0.05) is 11.6 Å². The van der Waals surface area contributed by atoms with Crippen LogP contribution in [0.3, 0.4) is 0 Å². The summed E-state index contributed by atoms with van der Waals surface area (Å²) in [5.74, 6) is -0.266. The van der Waals surface area contributed by atoms with Gasteiger partial charge in [-0.2, -0.15) is 13.2 Å². The summed E-state index contributed by atoms with van der Waals surface area (Å²) in [7, 11) is 1.21. The van der Waals surface area contributed by atoms with Crippen molar-refractivity contribution in [1.29, 1.82) is 5.41 Å². The molecule has 0 saturated carbocycles.